The number of hydrogen-bond acceptors (Lipinski definition) is 5. The number of thiazole rings is 1. The Morgan fingerprint density at radius 3 is 3.00 bits per heavy atom. The average Bonchev–Trinajstić information content (AvgIpc) is 3.01. The molecule has 0 radical (unpaired) electrons. The average molecular weight is 280 g/mol. The zero-order valence-electron chi connectivity index (χ0n) is 9.34. The highest BCUT2D eigenvalue weighted by Gasteiger charge is 2.14. The first kappa shape index (κ1) is 11.3. The van der Waals surface area contributed by atoms with Crippen LogP contribution in [0.5, 0.6) is 0 Å². The summed E-state index contributed by atoms with van der Waals surface area (Å²) in [6, 6.07) is 4.92. The van der Waals surface area contributed by atoms with Crippen LogP contribution in [0.1, 0.15) is 15.8 Å². The molecule has 1 unspecified atom stereocenters. The normalized spacial score (nSPS) is 13.2. The highest BCUT2D eigenvalue weighted by molar-refractivity contribution is 7.27. The molecule has 0 fully saturated rings. The lowest BCUT2D eigenvalue weighted by atomic mass is 10.1. The Morgan fingerprint density at radius 2 is 2.29 bits per heavy atom. The molecule has 0 aromatic carbocycles. The summed E-state index contributed by atoms with van der Waals surface area (Å²) in [5, 5.41) is 5.56. The molecule has 0 saturated heterocycles. The number of aromatic nitrogens is 1. The molecule has 2 nitrogen and oxygen atoms in total. The van der Waals surface area contributed by atoms with Crippen LogP contribution in [-0.4, -0.2) is 12.0 Å². The van der Waals surface area contributed by atoms with Gasteiger partial charge in [0, 0.05) is 37.8 Å². The van der Waals surface area contributed by atoms with E-state index in [9.17, 15) is 0 Å². The van der Waals surface area contributed by atoms with Crippen molar-refractivity contribution in [3.63, 3.8) is 0 Å². The van der Waals surface area contributed by atoms with Crippen LogP contribution in [-0.2, 0) is 6.42 Å². The van der Waals surface area contributed by atoms with Gasteiger partial charge in [-0.1, -0.05) is 0 Å². The van der Waals surface area contributed by atoms with Crippen molar-refractivity contribution in [2.45, 2.75) is 12.5 Å². The Morgan fingerprint density at radius 1 is 1.35 bits per heavy atom. The van der Waals surface area contributed by atoms with Crippen LogP contribution in [0, 0.1) is 0 Å². The lowest BCUT2D eigenvalue weighted by Gasteiger charge is -2.12. The minimum absolute atomic E-state index is 0.403. The van der Waals surface area contributed by atoms with Crippen molar-refractivity contribution in [3.05, 3.63) is 39.0 Å². The largest absolute Gasteiger partial charge is 0.312 e. The van der Waals surface area contributed by atoms with Crippen LogP contribution in [0.3, 0.4) is 0 Å². The highest BCUT2D eigenvalue weighted by Crippen LogP contribution is 2.34. The van der Waals surface area contributed by atoms with Gasteiger partial charge in [-0.2, -0.15) is 0 Å². The van der Waals surface area contributed by atoms with Gasteiger partial charge in [0.1, 0.15) is 0 Å². The molecule has 5 heteroatoms. The molecule has 1 atom stereocenters. The quantitative estimate of drug-likeness (QED) is 0.783. The maximum Gasteiger partial charge on any atom is 0.0794 e. The second-order valence-corrected chi connectivity index (χ2v) is 6.84. The first-order valence-corrected chi connectivity index (χ1v) is 7.96. The third kappa shape index (κ3) is 2.28. The van der Waals surface area contributed by atoms with Gasteiger partial charge < -0.3 is 5.32 Å². The summed E-state index contributed by atoms with van der Waals surface area (Å²) in [4.78, 5) is 6.89. The number of likely N-dealkylation sites (N-methyl/N-ethyl adjacent to an activating group) is 1. The Hall–Kier alpha value is -0.750. The summed E-state index contributed by atoms with van der Waals surface area (Å²) in [6.07, 6.45) is 2.99. The van der Waals surface area contributed by atoms with Gasteiger partial charge in [0.15, 0.2) is 0 Å². The maximum absolute atomic E-state index is 4.13. The fraction of sp³-hybridized carbons (Fsp3) is 0.250. The molecule has 0 saturated carbocycles. The maximum atomic E-state index is 4.13. The molecule has 0 aliphatic heterocycles. The summed E-state index contributed by atoms with van der Waals surface area (Å²) in [5.41, 5.74) is 1.90. The molecule has 17 heavy (non-hydrogen) atoms. The van der Waals surface area contributed by atoms with Gasteiger partial charge in [0.2, 0.25) is 0 Å². The lowest BCUT2D eigenvalue weighted by molar-refractivity contribution is 0.606. The van der Waals surface area contributed by atoms with E-state index in [-0.39, 0.29) is 0 Å². The number of nitrogens with zero attached hydrogens (tertiary/aromatic N) is 1. The Kier molecular flexibility index (Phi) is 3.24. The van der Waals surface area contributed by atoms with E-state index in [1.165, 1.54) is 19.2 Å². The second-order valence-electron chi connectivity index (χ2n) is 3.81. The molecule has 0 aliphatic carbocycles. The van der Waals surface area contributed by atoms with Gasteiger partial charge >= 0.3 is 0 Å². The van der Waals surface area contributed by atoms with E-state index in [0.717, 1.165) is 6.42 Å². The van der Waals surface area contributed by atoms with Crippen molar-refractivity contribution in [1.82, 2.24) is 10.3 Å². The first-order chi connectivity index (χ1) is 8.36. The summed E-state index contributed by atoms with van der Waals surface area (Å²) in [6.45, 7) is 0. The van der Waals surface area contributed by atoms with Crippen molar-refractivity contribution in [1.29, 1.82) is 0 Å². The topological polar surface area (TPSA) is 24.9 Å². The summed E-state index contributed by atoms with van der Waals surface area (Å²) in [7, 11) is 2.03. The third-order valence-corrected chi connectivity index (χ3v) is 5.75. The molecule has 0 spiro atoms. The van der Waals surface area contributed by atoms with E-state index in [1.807, 2.05) is 41.4 Å². The highest BCUT2D eigenvalue weighted by atomic mass is 32.1. The zero-order chi connectivity index (χ0) is 11.7. The minimum atomic E-state index is 0.403. The van der Waals surface area contributed by atoms with Crippen molar-refractivity contribution in [2.24, 2.45) is 0 Å². The number of fused-ring (bicyclic) bond motifs is 1. The summed E-state index contributed by atoms with van der Waals surface area (Å²) < 4.78 is 2.80. The van der Waals surface area contributed by atoms with Gasteiger partial charge in [-0.3, -0.25) is 4.98 Å². The van der Waals surface area contributed by atoms with Gasteiger partial charge in [-0.15, -0.1) is 34.0 Å². The molecule has 3 heterocycles. The standard InChI is InChI=1S/C12H12N2S3/c1-13-9(4-8-6-14-7-16-8)11-5-12-10(17-11)2-3-15-12/h2-3,5-7,9,13H,4H2,1H3. The van der Waals surface area contributed by atoms with Crippen molar-refractivity contribution >= 4 is 43.4 Å². The number of hydrogen-bond donors (Lipinski definition) is 1. The Balaban J connectivity index is 1.87. The molecular formula is C12H12N2S3. The van der Waals surface area contributed by atoms with Gasteiger partial charge in [-0.25, -0.2) is 0 Å². The lowest BCUT2D eigenvalue weighted by Crippen LogP contribution is -2.17. The van der Waals surface area contributed by atoms with Crippen LogP contribution in [0.15, 0.2) is 29.2 Å². The summed E-state index contributed by atoms with van der Waals surface area (Å²) in [5.74, 6) is 0. The fourth-order valence-corrected chi connectivity index (χ4v) is 4.72. The second kappa shape index (κ2) is 4.86. The van der Waals surface area contributed by atoms with Crippen molar-refractivity contribution < 1.29 is 0 Å². The molecule has 88 valence electrons. The van der Waals surface area contributed by atoms with E-state index in [1.54, 1.807) is 11.3 Å². The van der Waals surface area contributed by atoms with Crippen molar-refractivity contribution in [3.8, 4) is 0 Å². The molecular weight excluding hydrogens is 268 g/mol. The Labute approximate surface area is 112 Å². The van der Waals surface area contributed by atoms with E-state index >= 15 is 0 Å². The minimum Gasteiger partial charge on any atom is -0.312 e. The number of nitrogens with one attached hydrogen (secondary N) is 1. The predicted octanol–water partition coefficient (Wildman–Crippen LogP) is 3.92. The monoisotopic (exact) mass is 280 g/mol. The molecule has 0 aliphatic rings. The van der Waals surface area contributed by atoms with Crippen LogP contribution in [0.2, 0.25) is 0 Å². The number of thiophene rings is 2. The van der Waals surface area contributed by atoms with E-state index < -0.39 is 0 Å². The Bertz CT molecular complexity index is 566. The molecule has 3 rings (SSSR count). The van der Waals surface area contributed by atoms with Crippen LogP contribution >= 0.6 is 34.0 Å². The first-order valence-electron chi connectivity index (χ1n) is 5.38. The molecule has 0 bridgehead atoms. The van der Waals surface area contributed by atoms with Gasteiger partial charge in [0.25, 0.3) is 0 Å². The third-order valence-electron chi connectivity index (χ3n) is 2.74. The van der Waals surface area contributed by atoms with E-state index in [2.05, 4.69) is 27.8 Å². The molecule has 3 aromatic rings. The van der Waals surface area contributed by atoms with Gasteiger partial charge in [-0.05, 0) is 24.6 Å². The van der Waals surface area contributed by atoms with Crippen LogP contribution in [0.25, 0.3) is 9.40 Å². The summed E-state index contributed by atoms with van der Waals surface area (Å²) >= 11 is 5.43. The van der Waals surface area contributed by atoms with Crippen LogP contribution < -0.4 is 5.32 Å². The van der Waals surface area contributed by atoms with Crippen molar-refractivity contribution in [2.75, 3.05) is 7.05 Å². The molecule has 1 N–H and O–H groups in total. The van der Waals surface area contributed by atoms with E-state index in [0.29, 0.717) is 6.04 Å². The SMILES string of the molecule is CNC(Cc1cncs1)c1cc2sccc2s1. The number of rotatable bonds is 4. The van der Waals surface area contributed by atoms with Crippen LogP contribution in [0.4, 0.5) is 0 Å². The fourth-order valence-electron chi connectivity index (χ4n) is 1.85. The smallest absolute Gasteiger partial charge is 0.0794 e. The zero-order valence-corrected chi connectivity index (χ0v) is 11.8. The predicted molar refractivity (Wildman–Crippen MR) is 77.3 cm³/mol. The molecule has 3 aromatic heterocycles. The van der Waals surface area contributed by atoms with E-state index in [4.69, 9.17) is 0 Å². The van der Waals surface area contributed by atoms with Gasteiger partial charge in [0.05, 0.1) is 5.51 Å². The molecule has 0 amide bonds.